The van der Waals surface area contributed by atoms with Gasteiger partial charge in [0, 0.05) is 5.56 Å². The minimum absolute atomic E-state index is 0.120. The van der Waals surface area contributed by atoms with Crippen LogP contribution in [0.15, 0.2) is 71.6 Å². The smallest absolute Gasteiger partial charge is 0.271 e. The Bertz CT molecular complexity index is 1280. The van der Waals surface area contributed by atoms with E-state index in [2.05, 4.69) is 32.6 Å². The lowest BCUT2D eigenvalue weighted by atomic mass is 9.98. The van der Waals surface area contributed by atoms with Gasteiger partial charge in [-0.3, -0.25) is 4.57 Å². The lowest BCUT2D eigenvalue weighted by Gasteiger charge is -2.09. The average Bonchev–Trinajstić information content (AvgIpc) is 3.46. The molecule has 0 atom stereocenters. The van der Waals surface area contributed by atoms with Gasteiger partial charge in [0.1, 0.15) is 0 Å². The third-order valence-corrected chi connectivity index (χ3v) is 5.09. The van der Waals surface area contributed by atoms with Crippen LogP contribution in [-0.2, 0) is 13.1 Å². The highest BCUT2D eigenvalue weighted by Crippen LogP contribution is 2.29. The highest BCUT2D eigenvalue weighted by molar-refractivity contribution is 5.80. The minimum atomic E-state index is -0.120. The molecule has 162 valence electrons. The maximum atomic E-state index is 12.9. The molecule has 0 spiro atoms. The Morgan fingerprint density at radius 1 is 1.03 bits per heavy atom. The van der Waals surface area contributed by atoms with Gasteiger partial charge in [0.25, 0.3) is 0 Å². The van der Waals surface area contributed by atoms with Gasteiger partial charge in [-0.15, -0.1) is 15.3 Å². The molecule has 0 bridgehead atoms. The normalized spacial score (nSPS) is 11.7. The molecular weight excluding hydrogens is 402 g/mol. The van der Waals surface area contributed by atoms with Crippen molar-refractivity contribution in [2.45, 2.75) is 33.4 Å². The lowest BCUT2D eigenvalue weighted by molar-refractivity contribution is 0.647. The Morgan fingerprint density at radius 2 is 1.81 bits per heavy atom. The molecule has 32 heavy (non-hydrogen) atoms. The van der Waals surface area contributed by atoms with Crippen molar-refractivity contribution < 1.29 is 0 Å². The zero-order valence-corrected chi connectivity index (χ0v) is 18.1. The fourth-order valence-electron chi connectivity index (χ4n) is 3.46. The summed E-state index contributed by atoms with van der Waals surface area (Å²) in [4.78, 5) is 12.9. The summed E-state index contributed by atoms with van der Waals surface area (Å²) in [6, 6.07) is 16.1. The molecule has 0 amide bonds. The van der Waals surface area contributed by atoms with Gasteiger partial charge >= 0.3 is 5.69 Å². The van der Waals surface area contributed by atoms with Gasteiger partial charge in [-0.05, 0) is 41.3 Å². The third-order valence-electron chi connectivity index (χ3n) is 5.09. The summed E-state index contributed by atoms with van der Waals surface area (Å²) in [5, 5.41) is 18.9. The molecule has 4 rings (SSSR count). The molecule has 8 nitrogen and oxygen atoms in total. The summed E-state index contributed by atoms with van der Waals surface area (Å²) in [5.41, 5.74) is 3.86. The van der Waals surface area contributed by atoms with E-state index in [1.807, 2.05) is 79.8 Å². The first-order valence-corrected chi connectivity index (χ1v) is 10.6. The summed E-state index contributed by atoms with van der Waals surface area (Å²) in [5.74, 6) is 1.21. The van der Waals surface area contributed by atoms with Crippen LogP contribution in [0.4, 0.5) is 0 Å². The van der Waals surface area contributed by atoms with Crippen LogP contribution in [0.5, 0.6) is 0 Å². The minimum Gasteiger partial charge on any atom is -0.271 e. The molecule has 8 heteroatoms. The quantitative estimate of drug-likeness (QED) is 0.430. The van der Waals surface area contributed by atoms with E-state index >= 15 is 0 Å². The van der Waals surface area contributed by atoms with Gasteiger partial charge in [-0.2, -0.15) is 5.21 Å². The van der Waals surface area contributed by atoms with Gasteiger partial charge in [0.2, 0.25) is 5.82 Å². The second-order valence-corrected chi connectivity index (χ2v) is 7.27. The van der Waals surface area contributed by atoms with Gasteiger partial charge in [0.05, 0.1) is 13.1 Å². The summed E-state index contributed by atoms with van der Waals surface area (Å²) in [6.45, 7) is 4.89. The number of aromatic amines is 1. The molecule has 0 aliphatic rings. The number of aromatic nitrogens is 7. The maximum Gasteiger partial charge on any atom is 0.346 e. The summed E-state index contributed by atoms with van der Waals surface area (Å²) in [7, 11) is 0. The Labute approximate surface area is 185 Å². The molecule has 0 fully saturated rings. The molecular formula is C24H25N7O. The van der Waals surface area contributed by atoms with Crippen LogP contribution in [0.25, 0.3) is 28.6 Å². The van der Waals surface area contributed by atoms with Crippen molar-refractivity contribution in [3.8, 4) is 22.5 Å². The Kier molecular flexibility index (Phi) is 6.50. The van der Waals surface area contributed by atoms with E-state index in [1.54, 1.807) is 4.57 Å². The highest BCUT2D eigenvalue weighted by atomic mass is 16.2. The summed E-state index contributed by atoms with van der Waals surface area (Å²) < 4.78 is 3.20. The van der Waals surface area contributed by atoms with Crippen molar-refractivity contribution in [2.24, 2.45) is 0 Å². The number of H-pyrrole nitrogens is 1. The average molecular weight is 428 g/mol. The largest absolute Gasteiger partial charge is 0.346 e. The van der Waals surface area contributed by atoms with E-state index in [4.69, 9.17) is 0 Å². The van der Waals surface area contributed by atoms with Crippen LogP contribution in [-0.4, -0.2) is 35.0 Å². The predicted molar refractivity (Wildman–Crippen MR) is 125 cm³/mol. The van der Waals surface area contributed by atoms with E-state index in [0.717, 1.165) is 28.7 Å². The fraction of sp³-hybridized carbons (Fsp3) is 0.208. The third kappa shape index (κ3) is 4.49. The second kappa shape index (κ2) is 9.82. The molecule has 2 aromatic carbocycles. The molecule has 0 radical (unpaired) electrons. The van der Waals surface area contributed by atoms with E-state index in [-0.39, 0.29) is 5.69 Å². The number of rotatable bonds is 8. The van der Waals surface area contributed by atoms with Crippen molar-refractivity contribution in [3.63, 3.8) is 0 Å². The summed E-state index contributed by atoms with van der Waals surface area (Å²) in [6.07, 6.45) is 8.63. The SMILES string of the molecule is CC=CCn1nc(C=CCC)n(Cc2ccc(-c3ccccc3-c3nn[nH]n3)cc2)c1=O. The van der Waals surface area contributed by atoms with E-state index in [9.17, 15) is 4.79 Å². The molecule has 1 N–H and O–H groups in total. The van der Waals surface area contributed by atoms with Gasteiger partial charge in [-0.1, -0.05) is 73.7 Å². The molecule has 2 heterocycles. The van der Waals surface area contributed by atoms with Gasteiger partial charge in [0.15, 0.2) is 5.82 Å². The molecule has 0 saturated carbocycles. The monoisotopic (exact) mass is 427 g/mol. The number of hydrogen-bond acceptors (Lipinski definition) is 5. The van der Waals surface area contributed by atoms with E-state index in [1.165, 1.54) is 4.68 Å². The first kappa shape index (κ1) is 21.2. The highest BCUT2D eigenvalue weighted by Gasteiger charge is 2.13. The number of benzene rings is 2. The van der Waals surface area contributed by atoms with E-state index < -0.39 is 0 Å². The van der Waals surface area contributed by atoms with Crippen LogP contribution in [0.1, 0.15) is 31.7 Å². The molecule has 2 aromatic heterocycles. The Hall–Kier alpha value is -4.07. The number of hydrogen-bond donors (Lipinski definition) is 1. The van der Waals surface area contributed by atoms with Crippen molar-refractivity contribution in [1.29, 1.82) is 0 Å². The molecule has 4 aromatic rings. The van der Waals surface area contributed by atoms with Crippen LogP contribution in [0.3, 0.4) is 0 Å². The second-order valence-electron chi connectivity index (χ2n) is 7.27. The van der Waals surface area contributed by atoms with Crippen molar-refractivity contribution in [1.82, 2.24) is 35.0 Å². The number of tetrazole rings is 1. The number of allylic oxidation sites excluding steroid dienone is 3. The van der Waals surface area contributed by atoms with Crippen molar-refractivity contribution in [2.75, 3.05) is 0 Å². The van der Waals surface area contributed by atoms with Crippen LogP contribution in [0, 0.1) is 0 Å². The first-order valence-electron chi connectivity index (χ1n) is 10.6. The zero-order chi connectivity index (χ0) is 22.3. The molecule has 0 aliphatic heterocycles. The van der Waals surface area contributed by atoms with Crippen molar-refractivity contribution in [3.05, 3.63) is 88.6 Å². The number of nitrogens with one attached hydrogen (secondary N) is 1. The Morgan fingerprint density at radius 3 is 2.50 bits per heavy atom. The van der Waals surface area contributed by atoms with Crippen LogP contribution in [0.2, 0.25) is 0 Å². The standard InChI is InChI=1S/C24H25N7O/c1-3-5-11-22-27-31(16-6-4-2)24(32)30(22)17-18-12-14-19(15-13-18)20-9-7-8-10-21(20)23-25-28-29-26-23/h4-15H,3,16-17H2,1-2H3,(H,25,26,28,29). The number of nitrogens with zero attached hydrogens (tertiary/aromatic N) is 6. The van der Waals surface area contributed by atoms with Crippen LogP contribution < -0.4 is 5.69 Å². The molecule has 0 unspecified atom stereocenters. The predicted octanol–water partition coefficient (Wildman–Crippen LogP) is 3.94. The summed E-state index contributed by atoms with van der Waals surface area (Å²) >= 11 is 0. The lowest BCUT2D eigenvalue weighted by Crippen LogP contribution is -2.25. The fourth-order valence-corrected chi connectivity index (χ4v) is 3.46. The van der Waals surface area contributed by atoms with Crippen LogP contribution >= 0.6 is 0 Å². The van der Waals surface area contributed by atoms with Crippen molar-refractivity contribution >= 4 is 6.08 Å². The molecule has 0 saturated heterocycles. The topological polar surface area (TPSA) is 94.3 Å². The van der Waals surface area contributed by atoms with E-state index in [0.29, 0.717) is 24.7 Å². The molecule has 0 aliphatic carbocycles. The zero-order valence-electron chi connectivity index (χ0n) is 18.1. The Balaban J connectivity index is 1.64. The van der Waals surface area contributed by atoms with Gasteiger partial charge in [-0.25, -0.2) is 9.48 Å². The first-order chi connectivity index (χ1) is 15.7. The maximum absolute atomic E-state index is 12.9. The van der Waals surface area contributed by atoms with Gasteiger partial charge < -0.3 is 0 Å².